The van der Waals surface area contributed by atoms with Crippen LogP contribution in [0.5, 0.6) is 0 Å². The van der Waals surface area contributed by atoms with Crippen molar-refractivity contribution in [3.8, 4) is 0 Å². The summed E-state index contributed by atoms with van der Waals surface area (Å²) in [5, 5.41) is 12.8. The number of aliphatic imine (C=N–C) groups is 1. The Morgan fingerprint density at radius 3 is 2.41 bits per heavy atom. The Bertz CT molecular complexity index is 2240. The SMILES string of the molecule is CC.CCC(CCNc1ccc2c(c1)C(=O)N(C1CCC(=O)NC1=O)C2=O)CN1CCN(C2CCN(c3cc(NC4=NCC(C(=O)Nc5c(C)cccc5Cl)S4)nc(C)n3)CC2)CC1. The van der Waals surface area contributed by atoms with Gasteiger partial charge < -0.3 is 25.8 Å². The topological polar surface area (TPSA) is 185 Å². The molecule has 5 aliphatic rings. The minimum atomic E-state index is -0.974. The molecule has 3 unspecified atom stereocenters. The Morgan fingerprint density at radius 1 is 0.938 bits per heavy atom. The number of amides is 5. The highest BCUT2D eigenvalue weighted by atomic mass is 35.5. The zero-order valence-electron chi connectivity index (χ0n) is 37.4. The van der Waals surface area contributed by atoms with Crippen LogP contribution in [0.1, 0.15) is 91.4 Å². The molecule has 3 fully saturated rings. The molecule has 0 radical (unpaired) electrons. The van der Waals surface area contributed by atoms with Gasteiger partial charge in [-0.2, -0.15) is 0 Å². The number of nitrogens with one attached hydrogen (secondary N) is 4. The van der Waals surface area contributed by atoms with Crippen LogP contribution in [0.2, 0.25) is 5.02 Å². The number of para-hydroxylation sites is 1. The fraction of sp³-hybridized carbons (Fsp3) is 0.522. The van der Waals surface area contributed by atoms with Gasteiger partial charge in [-0.05, 0) is 75.3 Å². The standard InChI is InChI=1S/C44H54ClN11O5S.C2H6/c1-4-28(12-15-46-29-8-9-31-32(22-29)43(61)56(42(31)60)34-10-11-38(57)51-40(34)58)25-53-18-20-54(21-19-53)30-13-16-55(17-14-30)37-23-36(48-27(3)49-37)50-44-47-24-35(62-44)41(59)52-39-26(2)6-5-7-33(39)45;1-2/h5-9,22-23,28,30,34-35,46H,4,10-21,24-25H2,1-3H3,(H,52,59)(H,51,57,58)(H,47,48,49,50);1-2H3. The predicted molar refractivity (Wildman–Crippen MR) is 253 cm³/mol. The molecule has 8 rings (SSSR count). The number of amidine groups is 1. The Labute approximate surface area is 384 Å². The van der Waals surface area contributed by atoms with E-state index in [1.54, 1.807) is 18.2 Å². The average Bonchev–Trinajstić information content (AvgIpc) is 3.86. The van der Waals surface area contributed by atoms with E-state index < -0.39 is 29.7 Å². The second-order valence-corrected chi connectivity index (χ2v) is 18.3. The highest BCUT2D eigenvalue weighted by Crippen LogP contribution is 2.32. The molecular weight excluding hydrogens is 854 g/mol. The van der Waals surface area contributed by atoms with Crippen LogP contribution < -0.4 is 26.2 Å². The van der Waals surface area contributed by atoms with Gasteiger partial charge in [-0.3, -0.25) is 44.1 Å². The summed E-state index contributed by atoms with van der Waals surface area (Å²) < 4.78 is 0. The Balaban J connectivity index is 0.00000302. The molecule has 6 heterocycles. The number of carbonyl (C=O) groups is 5. The first-order valence-electron chi connectivity index (χ1n) is 22.6. The maximum atomic E-state index is 13.3. The quantitative estimate of drug-likeness (QED) is 0.151. The van der Waals surface area contributed by atoms with E-state index in [1.165, 1.54) is 11.8 Å². The number of piperidine rings is 2. The number of hydrogen-bond acceptors (Lipinski definition) is 14. The van der Waals surface area contributed by atoms with Gasteiger partial charge in [0, 0.05) is 76.6 Å². The number of benzene rings is 2. The molecule has 3 atom stereocenters. The van der Waals surface area contributed by atoms with E-state index in [0.717, 1.165) is 100 Å². The minimum absolute atomic E-state index is 0.0912. The molecule has 1 aromatic heterocycles. The zero-order chi connectivity index (χ0) is 45.5. The number of halogens is 1. The number of fused-ring (bicyclic) bond motifs is 1. The van der Waals surface area contributed by atoms with Crippen LogP contribution in [0, 0.1) is 19.8 Å². The van der Waals surface area contributed by atoms with E-state index in [9.17, 15) is 24.0 Å². The summed E-state index contributed by atoms with van der Waals surface area (Å²) in [6.45, 7) is 18.2. The van der Waals surface area contributed by atoms with Crippen molar-refractivity contribution in [1.29, 1.82) is 0 Å². The number of aromatic nitrogens is 2. The lowest BCUT2D eigenvalue weighted by atomic mass is 10.00. The van der Waals surface area contributed by atoms with E-state index >= 15 is 0 Å². The number of rotatable bonds is 13. The number of nitrogens with zero attached hydrogens (tertiary/aromatic N) is 7. The van der Waals surface area contributed by atoms with Crippen molar-refractivity contribution in [3.05, 3.63) is 70.0 Å². The third-order valence-corrected chi connectivity index (χ3v) is 14.0. The van der Waals surface area contributed by atoms with Crippen molar-refractivity contribution in [2.24, 2.45) is 10.9 Å². The van der Waals surface area contributed by atoms with Gasteiger partial charge in [0.25, 0.3) is 11.8 Å². The molecule has 5 amide bonds. The van der Waals surface area contributed by atoms with Crippen molar-refractivity contribution in [3.63, 3.8) is 0 Å². The smallest absolute Gasteiger partial charge is 0.262 e. The maximum absolute atomic E-state index is 13.3. The van der Waals surface area contributed by atoms with Crippen molar-refractivity contribution in [2.45, 2.75) is 90.5 Å². The number of anilines is 4. The first kappa shape index (κ1) is 46.9. The monoisotopic (exact) mass is 913 g/mol. The molecule has 0 spiro atoms. The van der Waals surface area contributed by atoms with Crippen LogP contribution in [0.3, 0.4) is 0 Å². The van der Waals surface area contributed by atoms with E-state index in [1.807, 2.05) is 52.0 Å². The molecule has 16 nitrogen and oxygen atoms in total. The Hall–Kier alpha value is -5.10. The third-order valence-electron chi connectivity index (χ3n) is 12.6. The van der Waals surface area contributed by atoms with Crippen molar-refractivity contribution < 1.29 is 24.0 Å². The molecule has 342 valence electrons. The first-order chi connectivity index (χ1) is 30.9. The van der Waals surface area contributed by atoms with Gasteiger partial charge in [0.05, 0.1) is 28.4 Å². The van der Waals surface area contributed by atoms with Gasteiger partial charge in [-0.15, -0.1) is 0 Å². The number of thioether (sulfide) groups is 1. The van der Waals surface area contributed by atoms with Gasteiger partial charge in [-0.25, -0.2) is 9.97 Å². The van der Waals surface area contributed by atoms with E-state index in [-0.39, 0.29) is 35.1 Å². The number of piperazine rings is 1. The van der Waals surface area contributed by atoms with Crippen LogP contribution in [-0.4, -0.2) is 136 Å². The molecule has 0 saturated carbocycles. The summed E-state index contributed by atoms with van der Waals surface area (Å²) in [6, 6.07) is 12.2. The zero-order valence-corrected chi connectivity index (χ0v) is 39.0. The Kier molecular flexibility index (Phi) is 15.6. The minimum Gasteiger partial charge on any atom is -0.385 e. The molecule has 5 aliphatic heterocycles. The lowest BCUT2D eigenvalue weighted by Gasteiger charge is -2.43. The number of hydrogen-bond donors (Lipinski definition) is 4. The van der Waals surface area contributed by atoms with E-state index in [4.69, 9.17) is 16.6 Å². The largest absolute Gasteiger partial charge is 0.385 e. The second-order valence-electron chi connectivity index (χ2n) is 16.7. The summed E-state index contributed by atoms with van der Waals surface area (Å²) >= 11 is 7.72. The molecule has 2 aromatic carbocycles. The van der Waals surface area contributed by atoms with Crippen molar-refractivity contribution in [1.82, 2.24) is 30.0 Å². The van der Waals surface area contributed by atoms with Crippen LogP contribution in [-0.2, 0) is 14.4 Å². The summed E-state index contributed by atoms with van der Waals surface area (Å²) in [5.74, 6) is 0.615. The highest BCUT2D eigenvalue weighted by molar-refractivity contribution is 8.15. The molecule has 3 aromatic rings. The third kappa shape index (κ3) is 10.9. The summed E-state index contributed by atoms with van der Waals surface area (Å²) in [5.41, 5.74) is 2.86. The molecule has 0 aliphatic carbocycles. The van der Waals surface area contributed by atoms with Crippen molar-refractivity contribution >= 4 is 81.1 Å². The number of imide groups is 2. The molecule has 3 saturated heterocycles. The first-order valence-corrected chi connectivity index (χ1v) is 23.9. The van der Waals surface area contributed by atoms with Gasteiger partial charge >= 0.3 is 0 Å². The van der Waals surface area contributed by atoms with Crippen molar-refractivity contribution in [2.75, 3.05) is 79.8 Å². The number of carbonyl (C=O) groups excluding carboxylic acids is 5. The highest BCUT2D eigenvalue weighted by Gasteiger charge is 2.44. The van der Waals surface area contributed by atoms with E-state index in [0.29, 0.717) is 46.0 Å². The van der Waals surface area contributed by atoms with Gasteiger partial charge in [0.1, 0.15) is 28.8 Å². The fourth-order valence-electron chi connectivity index (χ4n) is 9.02. The number of aryl methyl sites for hydroxylation is 2. The molecule has 0 bridgehead atoms. The van der Waals surface area contributed by atoms with Crippen LogP contribution in [0.15, 0.2) is 47.5 Å². The van der Waals surface area contributed by atoms with Crippen LogP contribution >= 0.6 is 23.4 Å². The lowest BCUT2D eigenvalue weighted by Crippen LogP contribution is -2.54. The van der Waals surface area contributed by atoms with Crippen LogP contribution in [0.4, 0.5) is 23.0 Å². The summed E-state index contributed by atoms with van der Waals surface area (Å²) in [6.07, 6.45) is 4.39. The fourth-order valence-corrected chi connectivity index (χ4v) is 10.2. The predicted octanol–water partition coefficient (Wildman–Crippen LogP) is 5.81. The molecule has 64 heavy (non-hydrogen) atoms. The maximum Gasteiger partial charge on any atom is 0.262 e. The van der Waals surface area contributed by atoms with E-state index in [2.05, 4.69) is 52.9 Å². The Morgan fingerprint density at radius 2 is 1.69 bits per heavy atom. The van der Waals surface area contributed by atoms with Gasteiger partial charge in [0.2, 0.25) is 17.7 Å². The summed E-state index contributed by atoms with van der Waals surface area (Å²) in [7, 11) is 0. The lowest BCUT2D eigenvalue weighted by molar-refractivity contribution is -0.136. The molecular formula is C46H60ClN11O5S. The summed E-state index contributed by atoms with van der Waals surface area (Å²) in [4.78, 5) is 86.0. The van der Waals surface area contributed by atoms with Crippen LogP contribution in [0.25, 0.3) is 0 Å². The molecule has 18 heteroatoms. The van der Waals surface area contributed by atoms with Gasteiger partial charge in [-0.1, -0.05) is 62.7 Å². The second kappa shape index (κ2) is 21.3. The normalized spacial score (nSPS) is 21.2. The van der Waals surface area contributed by atoms with Gasteiger partial charge in [0.15, 0.2) is 5.17 Å². The average molecular weight is 915 g/mol. The molecule has 4 N–H and O–H groups in total.